The number of benzene rings is 2. The summed E-state index contributed by atoms with van der Waals surface area (Å²) < 4.78 is 44.5. The number of carbonyl (C=O) groups is 1. The van der Waals surface area contributed by atoms with Gasteiger partial charge in [0, 0.05) is 43.3 Å². The van der Waals surface area contributed by atoms with Gasteiger partial charge in [-0.3, -0.25) is 9.69 Å². The molecule has 2 heterocycles. The molecular weight excluding hydrogens is 473 g/mol. The maximum absolute atomic E-state index is 12.9. The molecule has 1 aliphatic heterocycles. The van der Waals surface area contributed by atoms with Crippen LogP contribution in [0.3, 0.4) is 0 Å². The third kappa shape index (κ3) is 6.28. The monoisotopic (exact) mass is 494 g/mol. The molecule has 174 valence electrons. The summed E-state index contributed by atoms with van der Waals surface area (Å²) >= 11 is 7.26. The Morgan fingerprint density at radius 3 is 2.42 bits per heavy atom. The van der Waals surface area contributed by atoms with Gasteiger partial charge in [0.2, 0.25) is 0 Å². The fraction of sp³-hybridized carbons (Fsp3) is 0.292. The second kappa shape index (κ2) is 10.2. The number of thiophene rings is 1. The largest absolute Gasteiger partial charge is 0.489 e. The molecule has 0 unspecified atom stereocenters. The summed E-state index contributed by atoms with van der Waals surface area (Å²) in [6, 6.07) is 14.3. The second-order valence-electron chi connectivity index (χ2n) is 7.83. The normalized spacial score (nSPS) is 15.0. The number of hydrogen-bond acceptors (Lipinski definition) is 4. The lowest BCUT2D eigenvalue weighted by Gasteiger charge is -2.34. The topological polar surface area (TPSA) is 32.8 Å². The molecule has 1 fully saturated rings. The summed E-state index contributed by atoms with van der Waals surface area (Å²) in [5.41, 5.74) is 0.900. The highest BCUT2D eigenvalue weighted by Gasteiger charge is 2.30. The fourth-order valence-corrected chi connectivity index (χ4v) is 4.62. The summed E-state index contributed by atoms with van der Waals surface area (Å²) in [6.07, 6.45) is -4.35. The first-order valence-corrected chi connectivity index (χ1v) is 11.7. The molecule has 1 aromatic heterocycles. The van der Waals surface area contributed by atoms with Crippen LogP contribution in [-0.4, -0.2) is 41.9 Å². The number of piperazine rings is 1. The molecule has 3 aromatic rings. The molecule has 4 nitrogen and oxygen atoms in total. The van der Waals surface area contributed by atoms with Crippen molar-refractivity contribution in [3.63, 3.8) is 0 Å². The van der Waals surface area contributed by atoms with Gasteiger partial charge in [-0.05, 0) is 47.3 Å². The average Bonchev–Trinajstić information content (AvgIpc) is 3.27. The summed E-state index contributed by atoms with van der Waals surface area (Å²) in [6.45, 7) is 3.08. The van der Waals surface area contributed by atoms with Crippen LogP contribution in [0, 0.1) is 0 Å². The van der Waals surface area contributed by atoms with Gasteiger partial charge in [-0.2, -0.15) is 13.2 Å². The highest BCUT2D eigenvalue weighted by atomic mass is 35.5. The Kier molecular flexibility index (Phi) is 7.26. The van der Waals surface area contributed by atoms with Gasteiger partial charge in [0.05, 0.1) is 10.4 Å². The van der Waals surface area contributed by atoms with Crippen LogP contribution >= 0.6 is 22.9 Å². The summed E-state index contributed by atoms with van der Waals surface area (Å²) in [5.74, 6) is 0.673. The lowest BCUT2D eigenvalue weighted by atomic mass is 10.1. The Bertz CT molecular complexity index is 1090. The average molecular weight is 495 g/mol. The van der Waals surface area contributed by atoms with Crippen molar-refractivity contribution in [1.82, 2.24) is 9.80 Å². The number of amides is 1. The quantitative estimate of drug-likeness (QED) is 0.424. The van der Waals surface area contributed by atoms with Gasteiger partial charge in [-0.15, -0.1) is 11.3 Å². The van der Waals surface area contributed by atoms with E-state index >= 15 is 0 Å². The first-order valence-electron chi connectivity index (χ1n) is 10.4. The molecule has 0 atom stereocenters. The van der Waals surface area contributed by atoms with Gasteiger partial charge in [0.15, 0.2) is 0 Å². The molecule has 0 saturated carbocycles. The first kappa shape index (κ1) is 23.6. The number of ether oxygens (including phenoxy) is 1. The van der Waals surface area contributed by atoms with Gasteiger partial charge < -0.3 is 9.64 Å². The van der Waals surface area contributed by atoms with Gasteiger partial charge in [-0.1, -0.05) is 29.8 Å². The van der Waals surface area contributed by atoms with Crippen LogP contribution in [0.15, 0.2) is 60.0 Å². The minimum atomic E-state index is -4.35. The zero-order valence-electron chi connectivity index (χ0n) is 17.6. The van der Waals surface area contributed by atoms with Crippen LogP contribution in [0.4, 0.5) is 13.2 Å². The predicted molar refractivity (Wildman–Crippen MR) is 123 cm³/mol. The molecule has 0 N–H and O–H groups in total. The number of halogens is 4. The molecule has 0 radical (unpaired) electrons. The SMILES string of the molecule is O=C(c1cc(COc2ccc(Cl)cc2)cs1)N1CCN(Cc2cccc(C(F)(F)F)c2)CC1. The van der Waals surface area contributed by atoms with E-state index in [1.54, 1.807) is 35.2 Å². The molecule has 2 aromatic carbocycles. The van der Waals surface area contributed by atoms with Gasteiger partial charge in [-0.25, -0.2) is 0 Å². The van der Waals surface area contributed by atoms with Crippen LogP contribution in [0.25, 0.3) is 0 Å². The lowest BCUT2D eigenvalue weighted by molar-refractivity contribution is -0.137. The molecule has 0 aliphatic carbocycles. The fourth-order valence-electron chi connectivity index (χ4n) is 3.63. The maximum atomic E-state index is 12.9. The molecule has 9 heteroatoms. The van der Waals surface area contributed by atoms with Crippen LogP contribution in [-0.2, 0) is 19.3 Å². The second-order valence-corrected chi connectivity index (χ2v) is 9.18. The zero-order valence-corrected chi connectivity index (χ0v) is 19.2. The van der Waals surface area contributed by atoms with Crippen molar-refractivity contribution in [3.8, 4) is 5.75 Å². The van der Waals surface area contributed by atoms with Crippen molar-refractivity contribution in [2.75, 3.05) is 26.2 Å². The Morgan fingerprint density at radius 1 is 1.00 bits per heavy atom. The van der Waals surface area contributed by atoms with Crippen molar-refractivity contribution >= 4 is 28.8 Å². The Balaban J connectivity index is 1.28. The van der Waals surface area contributed by atoms with Crippen LogP contribution < -0.4 is 4.74 Å². The lowest BCUT2D eigenvalue weighted by Crippen LogP contribution is -2.48. The van der Waals surface area contributed by atoms with E-state index < -0.39 is 11.7 Å². The van der Waals surface area contributed by atoms with Gasteiger partial charge in [0.25, 0.3) is 5.91 Å². The molecular formula is C24H22ClF3N2O2S. The number of carbonyl (C=O) groups excluding carboxylic acids is 1. The molecule has 1 amide bonds. The molecule has 33 heavy (non-hydrogen) atoms. The minimum Gasteiger partial charge on any atom is -0.489 e. The van der Waals surface area contributed by atoms with Crippen molar-refractivity contribution in [3.05, 3.63) is 86.6 Å². The number of alkyl halides is 3. The van der Waals surface area contributed by atoms with Gasteiger partial charge in [0.1, 0.15) is 12.4 Å². The van der Waals surface area contributed by atoms with E-state index in [0.717, 1.165) is 11.6 Å². The highest BCUT2D eigenvalue weighted by molar-refractivity contribution is 7.12. The summed E-state index contributed by atoms with van der Waals surface area (Å²) in [5, 5.41) is 2.55. The van der Waals surface area contributed by atoms with Crippen LogP contribution in [0.2, 0.25) is 5.02 Å². The summed E-state index contributed by atoms with van der Waals surface area (Å²) in [4.78, 5) is 17.4. The highest BCUT2D eigenvalue weighted by Crippen LogP contribution is 2.30. The molecule has 0 bridgehead atoms. The summed E-state index contributed by atoms with van der Waals surface area (Å²) in [7, 11) is 0. The van der Waals surface area contributed by atoms with Crippen LogP contribution in [0.5, 0.6) is 5.75 Å². The number of hydrogen-bond donors (Lipinski definition) is 0. The Hall–Kier alpha value is -2.55. The van der Waals surface area contributed by atoms with E-state index in [2.05, 4.69) is 4.90 Å². The van der Waals surface area contributed by atoms with E-state index in [-0.39, 0.29) is 5.91 Å². The molecule has 4 rings (SSSR count). The maximum Gasteiger partial charge on any atom is 0.416 e. The molecule has 0 spiro atoms. The first-order chi connectivity index (χ1) is 15.8. The number of nitrogens with zero attached hydrogens (tertiary/aromatic N) is 2. The Labute approximate surface area is 199 Å². The standard InChI is InChI=1S/C24H22ClF3N2O2S/c25-20-4-6-21(7-5-20)32-15-18-13-22(33-16-18)23(31)30-10-8-29(9-11-30)14-17-2-1-3-19(12-17)24(26,27)28/h1-7,12-13,16H,8-11,14-15H2. The number of rotatable bonds is 6. The minimum absolute atomic E-state index is 0.0311. The van der Waals surface area contributed by atoms with Crippen LogP contribution in [0.1, 0.15) is 26.4 Å². The third-order valence-corrected chi connectivity index (χ3v) is 6.62. The molecule has 1 aliphatic rings. The van der Waals surface area contributed by atoms with Crippen molar-refractivity contribution < 1.29 is 22.7 Å². The van der Waals surface area contributed by atoms with E-state index in [4.69, 9.17) is 16.3 Å². The van der Waals surface area contributed by atoms with Crippen molar-refractivity contribution in [2.45, 2.75) is 19.3 Å². The Morgan fingerprint density at radius 2 is 1.73 bits per heavy atom. The van der Waals surface area contributed by atoms with Crippen molar-refractivity contribution in [1.29, 1.82) is 0 Å². The van der Waals surface area contributed by atoms with E-state index in [9.17, 15) is 18.0 Å². The zero-order chi connectivity index (χ0) is 23.4. The van der Waals surface area contributed by atoms with E-state index in [0.29, 0.717) is 60.5 Å². The van der Waals surface area contributed by atoms with Crippen molar-refractivity contribution in [2.24, 2.45) is 0 Å². The molecule has 1 saturated heterocycles. The smallest absolute Gasteiger partial charge is 0.416 e. The van der Waals surface area contributed by atoms with E-state index in [1.807, 2.05) is 11.4 Å². The third-order valence-electron chi connectivity index (χ3n) is 5.40. The predicted octanol–water partition coefficient (Wildman–Crippen LogP) is 5.96. The van der Waals surface area contributed by atoms with E-state index in [1.165, 1.54) is 23.5 Å². The van der Waals surface area contributed by atoms with Gasteiger partial charge >= 0.3 is 6.18 Å².